The third-order valence-corrected chi connectivity index (χ3v) is 9.04. The van der Waals surface area contributed by atoms with E-state index in [-0.39, 0.29) is 24.3 Å². The van der Waals surface area contributed by atoms with Crippen molar-refractivity contribution in [3.8, 4) is 0 Å². The molecule has 6 bridgehead atoms. The average molecular weight is 480 g/mol. The van der Waals surface area contributed by atoms with Crippen molar-refractivity contribution in [3.05, 3.63) is 23.0 Å². The second-order valence-corrected chi connectivity index (χ2v) is 11.6. The van der Waals surface area contributed by atoms with Gasteiger partial charge in [0.15, 0.2) is 23.3 Å². The largest absolute Gasteiger partial charge is 0.387 e. The van der Waals surface area contributed by atoms with E-state index in [1.54, 1.807) is 0 Å². The lowest BCUT2D eigenvalue weighted by Crippen LogP contribution is -2.33. The normalized spacial score (nSPS) is 37.8. The van der Waals surface area contributed by atoms with E-state index in [1.807, 2.05) is 0 Å². The van der Waals surface area contributed by atoms with Crippen LogP contribution in [-0.2, 0) is 29.5 Å². The first-order chi connectivity index (χ1) is 14.6. The molecule has 172 valence electrons. The van der Waals surface area contributed by atoms with Gasteiger partial charge in [0.05, 0.1) is 19.5 Å². The van der Waals surface area contributed by atoms with Gasteiger partial charge in [-0.2, -0.15) is 0 Å². The maximum Gasteiger partial charge on any atom is 0.340 e. The molecule has 0 amide bonds. The number of aliphatic hydroxyl groups is 2. The molecule has 1 fully saturated rings. The zero-order valence-electron chi connectivity index (χ0n) is 16.1. The van der Waals surface area contributed by atoms with E-state index in [4.69, 9.17) is 13.8 Å². The fourth-order valence-corrected chi connectivity index (χ4v) is 6.73. The number of aliphatic hydroxyl groups excluding tert-OH is 2. The first-order valence-electron chi connectivity index (χ1n) is 9.44. The van der Waals surface area contributed by atoms with Gasteiger partial charge in [-0.25, -0.2) is 9.97 Å². The summed E-state index contributed by atoms with van der Waals surface area (Å²) in [6, 6.07) is 0. The Hall–Kier alpha value is -1.47. The molecule has 0 saturated carbocycles. The molecule has 5 rings (SSSR count). The molecule has 3 aliphatic heterocycles. The Labute approximate surface area is 175 Å². The highest BCUT2D eigenvalue weighted by Gasteiger charge is 2.46. The molecule has 0 aromatic carbocycles. The SMILES string of the molecule is O=c1c2ncn3c2ncn1CCCCOP(=O)(O)CP(=O)(O)OC[C@H]1O[C@@H]3C(O)[C@H]1O. The molecule has 3 aliphatic rings. The summed E-state index contributed by atoms with van der Waals surface area (Å²) in [5.41, 5.74) is -0.255. The molecule has 0 radical (unpaired) electrons. The Morgan fingerprint density at radius 1 is 1.03 bits per heavy atom. The Morgan fingerprint density at radius 3 is 2.55 bits per heavy atom. The minimum atomic E-state index is -4.57. The monoisotopic (exact) mass is 480 g/mol. The van der Waals surface area contributed by atoms with Crippen molar-refractivity contribution in [2.24, 2.45) is 0 Å². The molecule has 1 saturated heterocycles. The highest BCUT2D eigenvalue weighted by Crippen LogP contribution is 2.58. The number of aryl methyl sites for hydroxylation is 1. The standard InChI is InChI=1S/C15H22N4O10P2/c20-11-9-5-28-31(25,26)8-30(23,24)27-4-2-1-3-18-6-17-13-10(14(18)22)16-7-19(13)15(29-9)12(11)21/h6-7,9,11-12,15,20-21H,1-5,8H2,(H,23,24)(H,25,26)/t9-,11+,12?,15-/m1/s1. The summed E-state index contributed by atoms with van der Waals surface area (Å²) in [4.78, 5) is 40.7. The van der Waals surface area contributed by atoms with Crippen LogP contribution in [0, 0.1) is 0 Å². The Bertz CT molecular complexity index is 1120. The van der Waals surface area contributed by atoms with Gasteiger partial charge in [0, 0.05) is 6.54 Å². The van der Waals surface area contributed by atoms with Crippen molar-refractivity contribution in [3.63, 3.8) is 0 Å². The number of imidazole rings is 1. The third-order valence-electron chi connectivity index (χ3n) is 5.05. The number of aromatic nitrogens is 4. The van der Waals surface area contributed by atoms with Gasteiger partial charge in [-0.1, -0.05) is 0 Å². The van der Waals surface area contributed by atoms with Crippen LogP contribution in [0.3, 0.4) is 0 Å². The molecule has 14 nitrogen and oxygen atoms in total. The number of fused-ring (bicyclic) bond motifs is 10. The van der Waals surface area contributed by atoms with Crippen molar-refractivity contribution in [1.82, 2.24) is 19.1 Å². The Morgan fingerprint density at radius 2 is 1.77 bits per heavy atom. The zero-order valence-corrected chi connectivity index (χ0v) is 17.9. The van der Waals surface area contributed by atoms with Crippen LogP contribution in [0.25, 0.3) is 11.2 Å². The third kappa shape index (κ3) is 4.68. The lowest BCUT2D eigenvalue weighted by molar-refractivity contribution is -0.0484. The number of rotatable bonds is 0. The zero-order chi connectivity index (χ0) is 22.4. The van der Waals surface area contributed by atoms with E-state index in [0.717, 1.165) is 0 Å². The number of hydrogen-bond donors (Lipinski definition) is 4. The predicted octanol–water partition coefficient (Wildman–Crippen LogP) is -0.633. The summed E-state index contributed by atoms with van der Waals surface area (Å²) in [6.45, 7) is -0.584. The number of nitrogens with zero attached hydrogens (tertiary/aromatic N) is 4. The van der Waals surface area contributed by atoms with Gasteiger partial charge >= 0.3 is 15.2 Å². The van der Waals surface area contributed by atoms with Crippen molar-refractivity contribution in [2.75, 3.05) is 19.1 Å². The minimum Gasteiger partial charge on any atom is -0.387 e. The maximum absolute atomic E-state index is 12.7. The van der Waals surface area contributed by atoms with E-state index in [2.05, 4.69) is 9.97 Å². The number of ether oxygens (including phenoxy) is 1. The molecule has 0 spiro atoms. The van der Waals surface area contributed by atoms with Gasteiger partial charge in [0.25, 0.3) is 5.56 Å². The molecule has 16 heteroatoms. The van der Waals surface area contributed by atoms with Crippen molar-refractivity contribution in [2.45, 2.75) is 43.9 Å². The van der Waals surface area contributed by atoms with E-state index < -0.39 is 57.8 Å². The summed E-state index contributed by atoms with van der Waals surface area (Å²) in [6.07, 6.45) is -2.17. The van der Waals surface area contributed by atoms with Gasteiger partial charge in [-0.3, -0.25) is 23.1 Å². The molecule has 3 unspecified atom stereocenters. The summed E-state index contributed by atoms with van der Waals surface area (Å²) >= 11 is 0. The van der Waals surface area contributed by atoms with Crippen LogP contribution in [0.5, 0.6) is 0 Å². The fourth-order valence-electron chi connectivity index (χ4n) is 3.48. The van der Waals surface area contributed by atoms with E-state index >= 15 is 0 Å². The molecule has 6 atom stereocenters. The van der Waals surface area contributed by atoms with Gasteiger partial charge < -0.3 is 33.8 Å². The van der Waals surface area contributed by atoms with E-state index in [9.17, 15) is 33.9 Å². The molecule has 31 heavy (non-hydrogen) atoms. The highest BCUT2D eigenvalue weighted by atomic mass is 31.2. The topological polar surface area (TPSA) is 195 Å². The second-order valence-electron chi connectivity index (χ2n) is 7.37. The minimum absolute atomic E-state index is 0.0320. The van der Waals surface area contributed by atoms with Crippen LogP contribution in [0.4, 0.5) is 0 Å². The van der Waals surface area contributed by atoms with Crippen LogP contribution in [-0.4, -0.2) is 76.5 Å². The Kier molecular flexibility index (Phi) is 6.21. The van der Waals surface area contributed by atoms with Crippen LogP contribution >= 0.6 is 15.2 Å². The molecule has 2 aromatic heterocycles. The highest BCUT2D eigenvalue weighted by molar-refractivity contribution is 7.70. The molecule has 5 heterocycles. The van der Waals surface area contributed by atoms with Gasteiger partial charge in [-0.15, -0.1) is 0 Å². The van der Waals surface area contributed by atoms with E-state index in [1.165, 1.54) is 21.8 Å². The van der Waals surface area contributed by atoms with Crippen LogP contribution in [0.1, 0.15) is 19.1 Å². The molecular weight excluding hydrogens is 458 g/mol. The maximum atomic E-state index is 12.7. The van der Waals surface area contributed by atoms with Gasteiger partial charge in [-0.05, 0) is 12.8 Å². The first-order valence-corrected chi connectivity index (χ1v) is 13.0. The van der Waals surface area contributed by atoms with Crippen molar-refractivity contribution in [1.29, 1.82) is 0 Å². The summed E-state index contributed by atoms with van der Waals surface area (Å²) in [5, 5.41) is 20.7. The quantitative estimate of drug-likeness (QED) is 0.349. The Balaban J connectivity index is 1.69. The van der Waals surface area contributed by atoms with Crippen molar-refractivity contribution < 1.29 is 42.9 Å². The summed E-state index contributed by atoms with van der Waals surface area (Å²) < 4.78 is 42.2. The smallest absolute Gasteiger partial charge is 0.340 e. The lowest BCUT2D eigenvalue weighted by Gasteiger charge is -2.20. The van der Waals surface area contributed by atoms with Gasteiger partial charge in [0.1, 0.15) is 24.6 Å². The van der Waals surface area contributed by atoms with Crippen molar-refractivity contribution >= 4 is 26.4 Å². The predicted molar refractivity (Wildman–Crippen MR) is 103 cm³/mol. The van der Waals surface area contributed by atoms with Crippen LogP contribution in [0.15, 0.2) is 17.4 Å². The first kappa shape index (κ1) is 22.7. The van der Waals surface area contributed by atoms with E-state index in [0.29, 0.717) is 12.8 Å². The fraction of sp³-hybridized carbons (Fsp3) is 0.667. The molecule has 2 aromatic rings. The summed E-state index contributed by atoms with van der Waals surface area (Å²) in [5.74, 6) is -1.14. The summed E-state index contributed by atoms with van der Waals surface area (Å²) in [7, 11) is -9.00. The van der Waals surface area contributed by atoms with Crippen LogP contribution in [0.2, 0.25) is 0 Å². The number of hydrogen-bond acceptors (Lipinski definition) is 10. The second kappa shape index (κ2) is 8.47. The lowest BCUT2D eigenvalue weighted by atomic mass is 10.1. The average Bonchev–Trinajstić information content (AvgIpc) is 3.22. The van der Waals surface area contributed by atoms with Gasteiger partial charge in [0.2, 0.25) is 0 Å². The van der Waals surface area contributed by atoms with Crippen LogP contribution < -0.4 is 5.56 Å². The molecule has 0 aliphatic carbocycles. The molecular formula is C15H22N4O10P2. The molecule has 4 N–H and O–H groups in total.